The third-order valence-corrected chi connectivity index (χ3v) is 5.79. The molecule has 1 aliphatic rings. The minimum absolute atomic E-state index is 0.141. The second kappa shape index (κ2) is 7.21. The molecule has 0 aromatic heterocycles. The lowest BCUT2D eigenvalue weighted by Gasteiger charge is -2.34. The van der Waals surface area contributed by atoms with Crippen LogP contribution in [0.1, 0.15) is 38.7 Å². The molecule has 3 atom stereocenters. The molecule has 0 radical (unpaired) electrons. The molecule has 2 rings (SSSR count). The van der Waals surface area contributed by atoms with Gasteiger partial charge in [0.25, 0.3) is 0 Å². The summed E-state index contributed by atoms with van der Waals surface area (Å²) >= 11 is 1.59. The number of hydrogen-bond acceptors (Lipinski definition) is 3. The summed E-state index contributed by atoms with van der Waals surface area (Å²) in [5.41, 5.74) is 7.65. The highest BCUT2D eigenvalue weighted by atomic mass is 32.2. The molecule has 0 bridgehead atoms. The highest BCUT2D eigenvalue weighted by molar-refractivity contribution is 8.00. The van der Waals surface area contributed by atoms with Crippen LogP contribution in [-0.4, -0.2) is 17.7 Å². The molecule has 1 fully saturated rings. The molecule has 1 aliphatic carbocycles. The summed E-state index contributed by atoms with van der Waals surface area (Å²) in [6.45, 7) is 6.57. The van der Waals surface area contributed by atoms with Crippen molar-refractivity contribution in [3.05, 3.63) is 23.8 Å². The SMILES string of the molecule is Cc1cc(N)ccc1SCC(=O)NC1CCCC(C)C1C. The fourth-order valence-corrected chi connectivity index (χ4v) is 3.83. The Hall–Kier alpha value is -1.16. The number of amides is 1. The Bertz CT molecular complexity index is 504. The summed E-state index contributed by atoms with van der Waals surface area (Å²) in [7, 11) is 0. The van der Waals surface area contributed by atoms with Gasteiger partial charge in [-0.15, -0.1) is 11.8 Å². The van der Waals surface area contributed by atoms with E-state index in [1.54, 1.807) is 11.8 Å². The van der Waals surface area contributed by atoms with Gasteiger partial charge in [0.2, 0.25) is 5.91 Å². The van der Waals surface area contributed by atoms with Crippen LogP contribution < -0.4 is 11.1 Å². The number of rotatable bonds is 4. The molecule has 1 amide bonds. The first-order valence-corrected chi connectivity index (χ1v) is 8.74. The molecule has 3 nitrogen and oxygen atoms in total. The zero-order chi connectivity index (χ0) is 15.4. The maximum absolute atomic E-state index is 12.2. The number of nitrogens with one attached hydrogen (secondary N) is 1. The lowest BCUT2D eigenvalue weighted by Crippen LogP contribution is -2.44. The molecular formula is C17H26N2OS. The van der Waals surface area contributed by atoms with E-state index >= 15 is 0 Å². The molecule has 21 heavy (non-hydrogen) atoms. The number of hydrogen-bond donors (Lipinski definition) is 2. The Balaban J connectivity index is 1.84. The normalized spacial score (nSPS) is 25.6. The van der Waals surface area contributed by atoms with Crippen molar-refractivity contribution in [1.82, 2.24) is 5.32 Å². The average Bonchev–Trinajstić information content (AvgIpc) is 2.43. The van der Waals surface area contributed by atoms with E-state index in [-0.39, 0.29) is 5.91 Å². The molecular weight excluding hydrogens is 280 g/mol. The maximum Gasteiger partial charge on any atom is 0.230 e. The lowest BCUT2D eigenvalue weighted by molar-refractivity contribution is -0.119. The van der Waals surface area contributed by atoms with Gasteiger partial charge in [-0.05, 0) is 48.9 Å². The molecule has 3 N–H and O–H groups in total. The average molecular weight is 306 g/mol. The second-order valence-corrected chi connectivity index (χ2v) is 7.27. The smallest absolute Gasteiger partial charge is 0.230 e. The van der Waals surface area contributed by atoms with E-state index in [9.17, 15) is 4.79 Å². The van der Waals surface area contributed by atoms with Crippen LogP contribution in [0.5, 0.6) is 0 Å². The molecule has 0 heterocycles. The van der Waals surface area contributed by atoms with E-state index in [0.717, 1.165) is 22.6 Å². The number of nitrogens with two attached hydrogens (primary N) is 1. The standard InChI is InChI=1S/C17H26N2OS/c1-11-5-4-6-15(13(11)3)19-17(20)10-21-16-8-7-14(18)9-12(16)2/h7-9,11,13,15H,4-6,10,18H2,1-3H3,(H,19,20). The Morgan fingerprint density at radius 2 is 2.14 bits per heavy atom. The van der Waals surface area contributed by atoms with Crippen molar-refractivity contribution in [2.75, 3.05) is 11.5 Å². The van der Waals surface area contributed by atoms with E-state index in [0.29, 0.717) is 23.6 Å². The number of aryl methyl sites for hydroxylation is 1. The second-order valence-electron chi connectivity index (χ2n) is 6.25. The van der Waals surface area contributed by atoms with E-state index < -0.39 is 0 Å². The lowest BCUT2D eigenvalue weighted by atomic mass is 9.78. The molecule has 0 saturated heterocycles. The van der Waals surface area contributed by atoms with Crippen molar-refractivity contribution < 1.29 is 4.79 Å². The van der Waals surface area contributed by atoms with Crippen LogP contribution in [0.4, 0.5) is 5.69 Å². The minimum atomic E-state index is 0.141. The minimum Gasteiger partial charge on any atom is -0.399 e. The Kier molecular flexibility index (Phi) is 5.57. The molecule has 3 unspecified atom stereocenters. The van der Waals surface area contributed by atoms with Crippen LogP contribution in [0.15, 0.2) is 23.1 Å². The zero-order valence-electron chi connectivity index (χ0n) is 13.2. The number of carbonyl (C=O) groups is 1. The molecule has 1 aromatic rings. The van der Waals surface area contributed by atoms with Crippen LogP contribution in [0.25, 0.3) is 0 Å². The van der Waals surface area contributed by atoms with Crippen LogP contribution >= 0.6 is 11.8 Å². The van der Waals surface area contributed by atoms with Gasteiger partial charge in [-0.25, -0.2) is 0 Å². The van der Waals surface area contributed by atoms with E-state index in [1.807, 2.05) is 25.1 Å². The van der Waals surface area contributed by atoms with Gasteiger partial charge >= 0.3 is 0 Å². The molecule has 4 heteroatoms. The Morgan fingerprint density at radius 3 is 2.86 bits per heavy atom. The number of thioether (sulfide) groups is 1. The monoisotopic (exact) mass is 306 g/mol. The first-order valence-electron chi connectivity index (χ1n) is 7.75. The van der Waals surface area contributed by atoms with Crippen LogP contribution in [-0.2, 0) is 4.79 Å². The number of nitrogen functional groups attached to an aromatic ring is 1. The van der Waals surface area contributed by atoms with Crippen molar-refractivity contribution in [3.8, 4) is 0 Å². The van der Waals surface area contributed by atoms with E-state index in [1.165, 1.54) is 12.8 Å². The maximum atomic E-state index is 12.2. The summed E-state index contributed by atoms with van der Waals surface area (Å²) < 4.78 is 0. The van der Waals surface area contributed by atoms with Crippen LogP contribution in [0.2, 0.25) is 0 Å². The largest absolute Gasteiger partial charge is 0.399 e. The van der Waals surface area contributed by atoms with Crippen molar-refractivity contribution >= 4 is 23.4 Å². The first kappa shape index (κ1) is 16.2. The van der Waals surface area contributed by atoms with Gasteiger partial charge < -0.3 is 11.1 Å². The predicted octanol–water partition coefficient (Wildman–Crippen LogP) is 3.61. The van der Waals surface area contributed by atoms with E-state index in [2.05, 4.69) is 19.2 Å². The summed E-state index contributed by atoms with van der Waals surface area (Å²) in [5, 5.41) is 3.22. The summed E-state index contributed by atoms with van der Waals surface area (Å²) in [4.78, 5) is 13.3. The summed E-state index contributed by atoms with van der Waals surface area (Å²) in [6.07, 6.45) is 3.62. The topological polar surface area (TPSA) is 55.1 Å². The first-order chi connectivity index (χ1) is 9.97. The van der Waals surface area contributed by atoms with E-state index in [4.69, 9.17) is 5.73 Å². The van der Waals surface area contributed by atoms with Gasteiger partial charge in [0, 0.05) is 16.6 Å². The molecule has 116 valence electrons. The van der Waals surface area contributed by atoms with Crippen molar-refractivity contribution in [3.63, 3.8) is 0 Å². The van der Waals surface area contributed by atoms with Crippen molar-refractivity contribution in [2.24, 2.45) is 11.8 Å². The van der Waals surface area contributed by atoms with Gasteiger partial charge in [0.15, 0.2) is 0 Å². The number of benzene rings is 1. The Labute approximate surface area is 132 Å². The molecule has 1 aromatic carbocycles. The molecule has 1 saturated carbocycles. The van der Waals surface area contributed by atoms with Gasteiger partial charge in [0.1, 0.15) is 0 Å². The van der Waals surface area contributed by atoms with Crippen molar-refractivity contribution in [2.45, 2.75) is 51.0 Å². The number of carbonyl (C=O) groups excluding carboxylic acids is 1. The zero-order valence-corrected chi connectivity index (χ0v) is 14.0. The van der Waals surface area contributed by atoms with Crippen LogP contribution in [0.3, 0.4) is 0 Å². The fourth-order valence-electron chi connectivity index (χ4n) is 3.01. The highest BCUT2D eigenvalue weighted by Gasteiger charge is 2.27. The van der Waals surface area contributed by atoms with Crippen LogP contribution in [0, 0.1) is 18.8 Å². The molecule has 0 spiro atoms. The predicted molar refractivity (Wildman–Crippen MR) is 90.4 cm³/mol. The summed E-state index contributed by atoms with van der Waals surface area (Å²) in [6, 6.07) is 6.17. The highest BCUT2D eigenvalue weighted by Crippen LogP contribution is 2.30. The van der Waals surface area contributed by atoms with Crippen molar-refractivity contribution in [1.29, 1.82) is 0 Å². The van der Waals surface area contributed by atoms with Gasteiger partial charge in [-0.2, -0.15) is 0 Å². The quantitative estimate of drug-likeness (QED) is 0.660. The number of anilines is 1. The third-order valence-electron chi connectivity index (χ3n) is 4.61. The summed E-state index contributed by atoms with van der Waals surface area (Å²) in [5.74, 6) is 1.90. The van der Waals surface area contributed by atoms with Gasteiger partial charge in [0.05, 0.1) is 5.75 Å². The van der Waals surface area contributed by atoms with Gasteiger partial charge in [-0.1, -0.05) is 26.7 Å². The molecule has 0 aliphatic heterocycles. The Morgan fingerprint density at radius 1 is 1.38 bits per heavy atom. The fraction of sp³-hybridized carbons (Fsp3) is 0.588. The third kappa shape index (κ3) is 4.40. The van der Waals surface area contributed by atoms with Gasteiger partial charge in [-0.3, -0.25) is 4.79 Å².